The Morgan fingerprint density at radius 1 is 1.33 bits per heavy atom. The summed E-state index contributed by atoms with van der Waals surface area (Å²) in [4.78, 5) is 11.2. The summed E-state index contributed by atoms with van der Waals surface area (Å²) in [6, 6.07) is 3.76. The molecule has 1 aromatic carbocycles. The van der Waals surface area contributed by atoms with Crippen molar-refractivity contribution in [3.63, 3.8) is 0 Å². The number of alkyl halides is 4. The number of Topliss-reactive ketones (excluding diaryl/α,β-unsaturated/α-hetero) is 1. The van der Waals surface area contributed by atoms with E-state index in [-0.39, 0.29) is 10.7 Å². The number of anilines is 1. The van der Waals surface area contributed by atoms with Crippen LogP contribution < -0.4 is 5.32 Å². The highest BCUT2D eigenvalue weighted by molar-refractivity contribution is 6.31. The Labute approximate surface area is 112 Å². The number of hydrogen-bond donors (Lipinski definition) is 1. The van der Waals surface area contributed by atoms with E-state index in [9.17, 15) is 18.0 Å². The zero-order chi connectivity index (χ0) is 13.8. The van der Waals surface area contributed by atoms with Crippen LogP contribution in [0.15, 0.2) is 18.2 Å². The second kappa shape index (κ2) is 6.29. The fourth-order valence-electron chi connectivity index (χ4n) is 1.30. The minimum Gasteiger partial charge on any atom is -0.384 e. The average molecular weight is 300 g/mol. The van der Waals surface area contributed by atoms with Crippen LogP contribution in [0.25, 0.3) is 0 Å². The summed E-state index contributed by atoms with van der Waals surface area (Å²) in [5.41, 5.74) is -0.378. The van der Waals surface area contributed by atoms with Gasteiger partial charge in [-0.15, -0.1) is 11.6 Å². The van der Waals surface area contributed by atoms with Crippen molar-refractivity contribution in [1.29, 1.82) is 0 Å². The first kappa shape index (κ1) is 15.1. The summed E-state index contributed by atoms with van der Waals surface area (Å²) in [6.07, 6.45) is -4.35. The van der Waals surface area contributed by atoms with E-state index in [4.69, 9.17) is 23.2 Å². The molecule has 0 amide bonds. The van der Waals surface area contributed by atoms with Crippen LogP contribution in [0, 0.1) is 0 Å². The van der Waals surface area contributed by atoms with Crippen LogP contribution in [0.3, 0.4) is 0 Å². The van der Waals surface area contributed by atoms with E-state index in [0.29, 0.717) is 18.8 Å². The van der Waals surface area contributed by atoms with E-state index < -0.39 is 17.5 Å². The molecule has 1 N–H and O–H groups in total. The zero-order valence-corrected chi connectivity index (χ0v) is 10.7. The molecule has 0 heterocycles. The fourth-order valence-corrected chi connectivity index (χ4v) is 1.61. The zero-order valence-electron chi connectivity index (χ0n) is 9.15. The fraction of sp³-hybridized carbons (Fsp3) is 0.364. The molecule has 2 nitrogen and oxygen atoms in total. The van der Waals surface area contributed by atoms with E-state index in [1.54, 1.807) is 0 Å². The van der Waals surface area contributed by atoms with Crippen molar-refractivity contribution in [3.05, 3.63) is 28.8 Å². The Morgan fingerprint density at radius 2 is 2.00 bits per heavy atom. The Kier molecular flexibility index (Phi) is 5.28. The normalized spacial score (nSPS) is 11.4. The van der Waals surface area contributed by atoms with Gasteiger partial charge < -0.3 is 5.32 Å². The third-order valence-electron chi connectivity index (χ3n) is 2.11. The van der Waals surface area contributed by atoms with Gasteiger partial charge in [0, 0.05) is 23.1 Å². The number of carbonyl (C=O) groups excluding carboxylic acids is 1. The van der Waals surface area contributed by atoms with Gasteiger partial charge in [-0.05, 0) is 24.6 Å². The van der Waals surface area contributed by atoms with Crippen molar-refractivity contribution in [1.82, 2.24) is 0 Å². The van der Waals surface area contributed by atoms with Gasteiger partial charge in [0.05, 0.1) is 5.56 Å². The van der Waals surface area contributed by atoms with E-state index in [0.717, 1.165) is 6.07 Å². The first-order valence-corrected chi connectivity index (χ1v) is 5.98. The predicted molar refractivity (Wildman–Crippen MR) is 65.7 cm³/mol. The Hall–Kier alpha value is -0.940. The monoisotopic (exact) mass is 299 g/mol. The van der Waals surface area contributed by atoms with Gasteiger partial charge >= 0.3 is 6.18 Å². The van der Waals surface area contributed by atoms with Gasteiger partial charge in [0.1, 0.15) is 0 Å². The number of benzene rings is 1. The predicted octanol–water partition coefficient (Wildman–Crippen LogP) is 4.13. The van der Waals surface area contributed by atoms with Crippen LogP contribution in [-0.4, -0.2) is 24.4 Å². The summed E-state index contributed by atoms with van der Waals surface area (Å²) >= 11 is 11.1. The van der Waals surface area contributed by atoms with Gasteiger partial charge in [-0.3, -0.25) is 4.79 Å². The maximum atomic E-state index is 12.4. The Morgan fingerprint density at radius 3 is 2.56 bits per heavy atom. The lowest BCUT2D eigenvalue weighted by Crippen LogP contribution is -2.24. The molecule has 1 aromatic rings. The van der Waals surface area contributed by atoms with Crippen molar-refractivity contribution in [2.75, 3.05) is 17.7 Å². The lowest BCUT2D eigenvalue weighted by atomic mass is 10.1. The molecular formula is C11H10Cl2F3NO. The van der Waals surface area contributed by atoms with Crippen molar-refractivity contribution >= 4 is 34.7 Å². The Balaban J connectivity index is 3.00. The van der Waals surface area contributed by atoms with Gasteiger partial charge in [0.2, 0.25) is 0 Å². The van der Waals surface area contributed by atoms with Crippen LogP contribution in [-0.2, 0) is 0 Å². The second-order valence-electron chi connectivity index (χ2n) is 3.49. The number of hydrogen-bond acceptors (Lipinski definition) is 2. The average Bonchev–Trinajstić information content (AvgIpc) is 2.29. The third kappa shape index (κ3) is 4.07. The highest BCUT2D eigenvalue weighted by Gasteiger charge is 2.40. The van der Waals surface area contributed by atoms with Crippen molar-refractivity contribution in [2.45, 2.75) is 12.6 Å². The summed E-state index contributed by atoms with van der Waals surface area (Å²) in [5, 5.41) is 2.81. The highest BCUT2D eigenvalue weighted by atomic mass is 35.5. The van der Waals surface area contributed by atoms with Crippen LogP contribution in [0.1, 0.15) is 16.8 Å². The molecule has 7 heteroatoms. The summed E-state index contributed by atoms with van der Waals surface area (Å²) in [6.45, 7) is 0.378. The number of nitrogens with one attached hydrogen (secondary N) is 1. The van der Waals surface area contributed by atoms with E-state index in [1.807, 2.05) is 0 Å². The molecular weight excluding hydrogens is 290 g/mol. The number of carbonyl (C=O) groups is 1. The lowest BCUT2D eigenvalue weighted by molar-refractivity contribution is -0.0884. The summed E-state index contributed by atoms with van der Waals surface area (Å²) in [5.74, 6) is -1.54. The molecule has 0 aliphatic heterocycles. The van der Waals surface area contributed by atoms with Crippen LogP contribution in [0.5, 0.6) is 0 Å². The van der Waals surface area contributed by atoms with Crippen LogP contribution in [0.2, 0.25) is 5.02 Å². The van der Waals surface area contributed by atoms with Gasteiger partial charge in [-0.2, -0.15) is 13.2 Å². The number of rotatable bonds is 5. The third-order valence-corrected chi connectivity index (χ3v) is 2.61. The van der Waals surface area contributed by atoms with Gasteiger partial charge in [0.15, 0.2) is 0 Å². The lowest BCUT2D eigenvalue weighted by Gasteiger charge is -2.12. The number of halogens is 5. The molecule has 0 fully saturated rings. The molecule has 18 heavy (non-hydrogen) atoms. The molecule has 0 bridgehead atoms. The molecule has 1 rings (SSSR count). The molecule has 0 aliphatic carbocycles. The van der Waals surface area contributed by atoms with Gasteiger partial charge in [-0.25, -0.2) is 0 Å². The largest absolute Gasteiger partial charge is 0.454 e. The first-order valence-electron chi connectivity index (χ1n) is 5.07. The number of ketones is 1. The van der Waals surface area contributed by atoms with Gasteiger partial charge in [0.25, 0.3) is 5.78 Å². The SMILES string of the molecule is O=C(c1cc(Cl)ccc1NCCCCl)C(F)(F)F. The maximum absolute atomic E-state index is 12.4. The quantitative estimate of drug-likeness (QED) is 0.503. The Bertz CT molecular complexity index is 435. The minimum absolute atomic E-state index is 0.0745. The van der Waals surface area contributed by atoms with Crippen LogP contribution >= 0.6 is 23.2 Å². The topological polar surface area (TPSA) is 29.1 Å². The van der Waals surface area contributed by atoms with Crippen molar-refractivity contribution in [3.8, 4) is 0 Å². The van der Waals surface area contributed by atoms with Crippen molar-refractivity contribution in [2.24, 2.45) is 0 Å². The smallest absolute Gasteiger partial charge is 0.384 e. The molecule has 0 saturated heterocycles. The molecule has 0 aromatic heterocycles. The summed E-state index contributed by atoms with van der Waals surface area (Å²) < 4.78 is 37.2. The first-order chi connectivity index (χ1) is 8.36. The molecule has 100 valence electrons. The molecule has 0 aliphatic rings. The second-order valence-corrected chi connectivity index (χ2v) is 4.30. The summed E-state index contributed by atoms with van der Waals surface area (Å²) in [7, 11) is 0. The molecule has 0 saturated carbocycles. The van der Waals surface area contributed by atoms with E-state index >= 15 is 0 Å². The molecule has 0 atom stereocenters. The standard InChI is InChI=1S/C11H10Cl2F3NO/c12-4-1-5-17-9-3-2-7(13)6-8(9)10(18)11(14,15)16/h2-3,6,17H,1,4-5H2. The highest BCUT2D eigenvalue weighted by Crippen LogP contribution is 2.28. The van der Waals surface area contributed by atoms with Gasteiger partial charge in [-0.1, -0.05) is 11.6 Å². The van der Waals surface area contributed by atoms with Crippen molar-refractivity contribution < 1.29 is 18.0 Å². The van der Waals surface area contributed by atoms with Crippen LogP contribution in [0.4, 0.5) is 18.9 Å². The minimum atomic E-state index is -4.92. The molecule has 0 spiro atoms. The molecule has 0 radical (unpaired) electrons. The molecule has 0 unspecified atom stereocenters. The maximum Gasteiger partial charge on any atom is 0.454 e. The van der Waals surface area contributed by atoms with E-state index in [2.05, 4.69) is 5.32 Å². The van der Waals surface area contributed by atoms with E-state index in [1.165, 1.54) is 12.1 Å².